The summed E-state index contributed by atoms with van der Waals surface area (Å²) in [5, 5.41) is 8.39. The minimum absolute atomic E-state index is 0.324. The number of carboxylic acid groups (broad SMARTS) is 1. The van der Waals surface area contributed by atoms with E-state index in [4.69, 9.17) is 5.11 Å². The van der Waals surface area contributed by atoms with E-state index in [-0.39, 0.29) is 0 Å². The summed E-state index contributed by atoms with van der Waals surface area (Å²) in [7, 11) is 0. The predicted molar refractivity (Wildman–Crippen MR) is 56.9 cm³/mol. The number of unbranched alkanes of at least 4 members (excludes halogenated alkanes) is 1. The molecule has 1 N–H and O–H groups in total. The van der Waals surface area contributed by atoms with Gasteiger partial charge in [-0.2, -0.15) is 0 Å². The highest BCUT2D eigenvalue weighted by Crippen LogP contribution is 2.13. The van der Waals surface area contributed by atoms with Crippen molar-refractivity contribution in [3.05, 3.63) is 0 Å². The maximum Gasteiger partial charge on any atom is 0.303 e. The predicted octanol–water partition coefficient (Wildman–Crippen LogP) is 3.70. The summed E-state index contributed by atoms with van der Waals surface area (Å²) in [6.07, 6.45) is 4.75. The van der Waals surface area contributed by atoms with E-state index in [0.29, 0.717) is 12.3 Å². The van der Waals surface area contributed by atoms with Gasteiger partial charge in [-0.3, -0.25) is 4.79 Å². The van der Waals surface area contributed by atoms with E-state index in [0.717, 1.165) is 6.42 Å². The first-order chi connectivity index (χ1) is 6.16. The molecule has 2 heteroatoms. The molecule has 0 aliphatic rings. The number of hydrogen-bond donors (Lipinski definition) is 1. The van der Waals surface area contributed by atoms with Crippen LogP contribution in [0.4, 0.5) is 0 Å². The molecule has 80 valence electrons. The summed E-state index contributed by atoms with van der Waals surface area (Å²) in [5.74, 6) is -0.0978. The maximum absolute atomic E-state index is 10.2. The minimum atomic E-state index is -0.673. The summed E-state index contributed by atoms with van der Waals surface area (Å²) in [6, 6.07) is 0. The first-order valence-electron chi connectivity index (χ1n) is 5.38. The highest BCUT2D eigenvalue weighted by molar-refractivity contribution is 5.66. The summed E-state index contributed by atoms with van der Waals surface area (Å²) in [5.41, 5.74) is 0. The van der Waals surface area contributed by atoms with Crippen LogP contribution in [-0.4, -0.2) is 11.1 Å². The van der Waals surface area contributed by atoms with Gasteiger partial charge in [-0.1, -0.05) is 47.0 Å². The Morgan fingerprint density at radius 2 is 1.85 bits per heavy atom. The lowest BCUT2D eigenvalue weighted by Crippen LogP contribution is -2.00. The number of aliphatic carboxylic acids is 1. The van der Waals surface area contributed by atoms with Crippen LogP contribution in [0.15, 0.2) is 0 Å². The van der Waals surface area contributed by atoms with Crippen molar-refractivity contribution < 1.29 is 9.90 Å². The van der Waals surface area contributed by atoms with E-state index in [1.807, 2.05) is 13.8 Å². The van der Waals surface area contributed by atoms with Gasteiger partial charge < -0.3 is 5.11 Å². The fourth-order valence-corrected chi connectivity index (χ4v) is 1.07. The molecule has 0 radical (unpaired) electrons. The molecule has 0 saturated heterocycles. The van der Waals surface area contributed by atoms with E-state index in [1.54, 1.807) is 0 Å². The van der Waals surface area contributed by atoms with Crippen LogP contribution in [0, 0.1) is 5.92 Å². The molecule has 0 spiro atoms. The molecule has 0 aliphatic carbocycles. The molecule has 0 aliphatic heterocycles. The Bertz CT molecular complexity index is 111. The van der Waals surface area contributed by atoms with E-state index < -0.39 is 5.97 Å². The van der Waals surface area contributed by atoms with Crippen molar-refractivity contribution in [3.63, 3.8) is 0 Å². The average Bonchev–Trinajstić information content (AvgIpc) is 2.14. The van der Waals surface area contributed by atoms with Crippen LogP contribution in [0.1, 0.15) is 59.8 Å². The molecule has 0 aromatic rings. The number of hydrogen-bond acceptors (Lipinski definition) is 1. The monoisotopic (exact) mass is 188 g/mol. The van der Waals surface area contributed by atoms with Gasteiger partial charge in [-0.05, 0) is 12.3 Å². The fourth-order valence-electron chi connectivity index (χ4n) is 1.07. The van der Waals surface area contributed by atoms with Crippen LogP contribution in [0.2, 0.25) is 0 Å². The van der Waals surface area contributed by atoms with E-state index in [9.17, 15) is 4.79 Å². The van der Waals surface area contributed by atoms with Gasteiger partial charge in [-0.25, -0.2) is 0 Å². The smallest absolute Gasteiger partial charge is 0.303 e. The number of carbonyl (C=O) groups is 1. The Morgan fingerprint density at radius 1 is 1.31 bits per heavy atom. The van der Waals surface area contributed by atoms with Gasteiger partial charge in [0.05, 0.1) is 0 Å². The van der Waals surface area contributed by atoms with Crippen LogP contribution in [-0.2, 0) is 4.79 Å². The summed E-state index contributed by atoms with van der Waals surface area (Å²) < 4.78 is 0. The molecule has 0 aromatic carbocycles. The Labute approximate surface area is 82.4 Å². The molecular formula is C11H24O2. The Balaban J connectivity index is 0. The molecule has 0 saturated carbocycles. The van der Waals surface area contributed by atoms with Crippen molar-refractivity contribution in [2.75, 3.05) is 0 Å². The quantitative estimate of drug-likeness (QED) is 0.690. The second-order valence-corrected chi connectivity index (χ2v) is 3.18. The molecule has 0 rings (SSSR count). The Morgan fingerprint density at radius 3 is 2.23 bits per heavy atom. The van der Waals surface area contributed by atoms with Gasteiger partial charge in [0.15, 0.2) is 0 Å². The van der Waals surface area contributed by atoms with Crippen LogP contribution >= 0.6 is 0 Å². The first kappa shape index (κ1) is 15.0. The lowest BCUT2D eigenvalue weighted by atomic mass is 9.99. The minimum Gasteiger partial charge on any atom is -0.481 e. The number of rotatable bonds is 6. The van der Waals surface area contributed by atoms with Gasteiger partial charge in [0.1, 0.15) is 0 Å². The van der Waals surface area contributed by atoms with E-state index in [2.05, 4.69) is 13.8 Å². The van der Waals surface area contributed by atoms with Gasteiger partial charge in [-0.15, -0.1) is 0 Å². The highest BCUT2D eigenvalue weighted by atomic mass is 16.4. The maximum atomic E-state index is 10.2. The zero-order chi connectivity index (χ0) is 10.7. The van der Waals surface area contributed by atoms with Crippen LogP contribution in [0.3, 0.4) is 0 Å². The molecule has 1 atom stereocenters. The summed E-state index contributed by atoms with van der Waals surface area (Å²) in [4.78, 5) is 10.2. The second kappa shape index (κ2) is 11.5. The molecule has 1 unspecified atom stereocenters. The van der Waals surface area contributed by atoms with Crippen molar-refractivity contribution in [3.8, 4) is 0 Å². The zero-order valence-corrected chi connectivity index (χ0v) is 9.47. The van der Waals surface area contributed by atoms with Crippen LogP contribution < -0.4 is 0 Å². The van der Waals surface area contributed by atoms with Crippen molar-refractivity contribution in [2.45, 2.75) is 59.8 Å². The SMILES string of the molecule is CC.CCCCC(C)CCC(=O)O. The molecule has 0 amide bonds. The topological polar surface area (TPSA) is 37.3 Å². The van der Waals surface area contributed by atoms with Gasteiger partial charge in [0.2, 0.25) is 0 Å². The van der Waals surface area contributed by atoms with Crippen molar-refractivity contribution in [1.82, 2.24) is 0 Å². The number of carboxylic acids is 1. The Kier molecular flexibility index (Phi) is 13.2. The third-order valence-corrected chi connectivity index (χ3v) is 1.90. The summed E-state index contributed by atoms with van der Waals surface area (Å²) in [6.45, 7) is 8.28. The molecular weight excluding hydrogens is 164 g/mol. The molecule has 0 bridgehead atoms. The molecule has 0 heterocycles. The van der Waals surface area contributed by atoms with Gasteiger partial charge >= 0.3 is 5.97 Å². The van der Waals surface area contributed by atoms with Gasteiger partial charge in [0, 0.05) is 6.42 Å². The van der Waals surface area contributed by atoms with Crippen LogP contribution in [0.5, 0.6) is 0 Å². The molecule has 2 nitrogen and oxygen atoms in total. The molecule has 0 aromatic heterocycles. The van der Waals surface area contributed by atoms with E-state index >= 15 is 0 Å². The van der Waals surface area contributed by atoms with Crippen molar-refractivity contribution in [2.24, 2.45) is 5.92 Å². The standard InChI is InChI=1S/C9H18O2.C2H6/c1-3-4-5-8(2)6-7-9(10)11;1-2/h8H,3-7H2,1-2H3,(H,10,11);1-2H3. The zero-order valence-electron chi connectivity index (χ0n) is 9.47. The first-order valence-corrected chi connectivity index (χ1v) is 5.38. The second-order valence-electron chi connectivity index (χ2n) is 3.18. The third-order valence-electron chi connectivity index (χ3n) is 1.90. The molecule has 13 heavy (non-hydrogen) atoms. The lowest BCUT2D eigenvalue weighted by Gasteiger charge is -2.07. The fraction of sp³-hybridized carbons (Fsp3) is 0.909. The van der Waals surface area contributed by atoms with Gasteiger partial charge in [0.25, 0.3) is 0 Å². The van der Waals surface area contributed by atoms with E-state index in [1.165, 1.54) is 19.3 Å². The van der Waals surface area contributed by atoms with Crippen LogP contribution in [0.25, 0.3) is 0 Å². The molecule has 0 fully saturated rings. The summed E-state index contributed by atoms with van der Waals surface area (Å²) >= 11 is 0. The van der Waals surface area contributed by atoms with Crippen molar-refractivity contribution in [1.29, 1.82) is 0 Å². The normalized spacial score (nSPS) is 11.4. The largest absolute Gasteiger partial charge is 0.481 e. The third kappa shape index (κ3) is 14.3. The van der Waals surface area contributed by atoms with Crippen molar-refractivity contribution >= 4 is 5.97 Å². The Hall–Kier alpha value is -0.530. The average molecular weight is 188 g/mol. The highest BCUT2D eigenvalue weighted by Gasteiger charge is 2.03. The lowest BCUT2D eigenvalue weighted by molar-refractivity contribution is -0.137.